The Kier molecular flexibility index (Phi) is 8.31. The number of ketones is 1. The van der Waals surface area contributed by atoms with Crippen molar-refractivity contribution in [1.29, 1.82) is 0 Å². The number of carbonyl (C=O) groups excluding carboxylic acids is 2. The van der Waals surface area contributed by atoms with Crippen LogP contribution < -0.4 is 9.47 Å². The summed E-state index contributed by atoms with van der Waals surface area (Å²) >= 11 is 6.72. The van der Waals surface area contributed by atoms with E-state index in [9.17, 15) is 9.59 Å². The molecule has 144 valence electrons. The molecule has 0 heterocycles. The van der Waals surface area contributed by atoms with E-state index in [2.05, 4.69) is 31.9 Å². The molecule has 0 aromatic heterocycles. The van der Waals surface area contributed by atoms with Crippen molar-refractivity contribution < 1.29 is 23.8 Å². The molecule has 2 rings (SSSR count). The van der Waals surface area contributed by atoms with Gasteiger partial charge in [0, 0.05) is 10.0 Å². The number of hydrogen-bond donors (Lipinski definition) is 0. The molecule has 5 nitrogen and oxygen atoms in total. The molecule has 0 N–H and O–H groups in total. The second-order valence-corrected chi connectivity index (χ2v) is 7.34. The molecule has 0 saturated heterocycles. The van der Waals surface area contributed by atoms with Crippen LogP contribution in [0.25, 0.3) is 0 Å². The van der Waals surface area contributed by atoms with Crippen LogP contribution in [0.15, 0.2) is 45.3 Å². The van der Waals surface area contributed by atoms with Crippen molar-refractivity contribution in [2.75, 3.05) is 19.8 Å². The Morgan fingerprint density at radius 1 is 0.963 bits per heavy atom. The van der Waals surface area contributed by atoms with Crippen molar-refractivity contribution in [3.05, 3.63) is 56.5 Å². The molecule has 0 fully saturated rings. The fourth-order valence-electron chi connectivity index (χ4n) is 2.23. The van der Waals surface area contributed by atoms with Crippen LogP contribution >= 0.6 is 31.9 Å². The first-order valence-corrected chi connectivity index (χ1v) is 10.1. The predicted octanol–water partition coefficient (Wildman–Crippen LogP) is 5.44. The van der Waals surface area contributed by atoms with Gasteiger partial charge in [0.05, 0.1) is 23.2 Å². The van der Waals surface area contributed by atoms with E-state index >= 15 is 0 Å². The summed E-state index contributed by atoms with van der Waals surface area (Å²) in [7, 11) is 0. The number of esters is 1. The molecule has 27 heavy (non-hydrogen) atoms. The Hall–Kier alpha value is -1.86. The average Bonchev–Trinajstić information content (AvgIpc) is 2.65. The highest BCUT2D eigenvalue weighted by Gasteiger charge is 2.18. The minimum atomic E-state index is -0.607. The van der Waals surface area contributed by atoms with E-state index in [1.807, 2.05) is 13.8 Å². The Morgan fingerprint density at radius 2 is 1.67 bits per heavy atom. The number of carbonyl (C=O) groups is 2. The molecule has 0 saturated carbocycles. The molecular formula is C20H20Br2O5. The average molecular weight is 500 g/mol. The summed E-state index contributed by atoms with van der Waals surface area (Å²) in [5.41, 5.74) is 0.753. The van der Waals surface area contributed by atoms with Crippen molar-refractivity contribution in [3.8, 4) is 11.5 Å². The molecule has 0 bridgehead atoms. The van der Waals surface area contributed by atoms with Gasteiger partial charge in [-0.05, 0) is 53.5 Å². The third kappa shape index (κ3) is 6.07. The highest BCUT2D eigenvalue weighted by Crippen LogP contribution is 2.37. The van der Waals surface area contributed by atoms with Crippen LogP contribution in [0.4, 0.5) is 0 Å². The lowest BCUT2D eigenvalue weighted by Crippen LogP contribution is -2.14. The zero-order valence-electron chi connectivity index (χ0n) is 15.1. The minimum absolute atomic E-state index is 0.275. The summed E-state index contributed by atoms with van der Waals surface area (Å²) in [6.45, 7) is 4.47. The molecule has 0 aliphatic rings. The van der Waals surface area contributed by atoms with Crippen LogP contribution in [0, 0.1) is 0 Å². The molecule has 7 heteroatoms. The van der Waals surface area contributed by atoms with Gasteiger partial charge in [-0.25, -0.2) is 4.79 Å². The van der Waals surface area contributed by atoms with E-state index in [0.717, 1.165) is 10.9 Å². The van der Waals surface area contributed by atoms with E-state index in [1.54, 1.807) is 36.4 Å². The van der Waals surface area contributed by atoms with Gasteiger partial charge in [-0.1, -0.05) is 35.0 Å². The standard InChI is InChI=1S/C20H20Br2O5/c1-3-9-26-19-16(22)10-14(11-18(19)25-4-2)20(24)27-12-17(23)13-5-7-15(21)8-6-13/h5-8,10-11H,3-4,9,12H2,1-2H3. The van der Waals surface area contributed by atoms with Crippen molar-refractivity contribution in [2.45, 2.75) is 20.3 Å². The molecule has 2 aromatic rings. The van der Waals surface area contributed by atoms with Gasteiger partial charge < -0.3 is 14.2 Å². The zero-order chi connectivity index (χ0) is 19.8. The van der Waals surface area contributed by atoms with E-state index in [0.29, 0.717) is 34.7 Å². The first kappa shape index (κ1) is 21.4. The van der Waals surface area contributed by atoms with Crippen LogP contribution in [-0.2, 0) is 4.74 Å². The number of benzene rings is 2. The Labute approximate surface area is 175 Å². The molecular weight excluding hydrogens is 480 g/mol. The fraction of sp³-hybridized carbons (Fsp3) is 0.300. The monoisotopic (exact) mass is 498 g/mol. The van der Waals surface area contributed by atoms with Crippen LogP contribution in [0.3, 0.4) is 0 Å². The quantitative estimate of drug-likeness (QED) is 0.339. The molecule has 0 unspecified atom stereocenters. The number of rotatable bonds is 9. The smallest absolute Gasteiger partial charge is 0.338 e. The van der Waals surface area contributed by atoms with Crippen LogP contribution in [0.5, 0.6) is 11.5 Å². The maximum Gasteiger partial charge on any atom is 0.338 e. The van der Waals surface area contributed by atoms with Gasteiger partial charge in [0.1, 0.15) is 0 Å². The van der Waals surface area contributed by atoms with Gasteiger partial charge >= 0.3 is 5.97 Å². The maximum absolute atomic E-state index is 12.4. The third-order valence-corrected chi connectivity index (χ3v) is 4.61. The highest BCUT2D eigenvalue weighted by molar-refractivity contribution is 9.10. The molecule has 2 aromatic carbocycles. The van der Waals surface area contributed by atoms with E-state index < -0.39 is 5.97 Å². The van der Waals surface area contributed by atoms with Gasteiger partial charge in [-0.3, -0.25) is 4.79 Å². The van der Waals surface area contributed by atoms with Gasteiger partial charge in [0.2, 0.25) is 0 Å². The zero-order valence-corrected chi connectivity index (χ0v) is 18.3. The highest BCUT2D eigenvalue weighted by atomic mass is 79.9. The van der Waals surface area contributed by atoms with E-state index in [4.69, 9.17) is 14.2 Å². The van der Waals surface area contributed by atoms with Crippen molar-refractivity contribution in [1.82, 2.24) is 0 Å². The molecule has 0 aliphatic carbocycles. The first-order chi connectivity index (χ1) is 13.0. The topological polar surface area (TPSA) is 61.8 Å². The number of hydrogen-bond acceptors (Lipinski definition) is 5. The molecule has 0 atom stereocenters. The minimum Gasteiger partial charge on any atom is -0.490 e. The molecule has 0 amide bonds. The summed E-state index contributed by atoms with van der Waals surface area (Å²) in [5.74, 6) is 0.111. The first-order valence-electron chi connectivity index (χ1n) is 8.51. The van der Waals surface area contributed by atoms with Gasteiger partial charge in [-0.2, -0.15) is 0 Å². The SMILES string of the molecule is CCCOc1c(Br)cc(C(=O)OCC(=O)c2ccc(Br)cc2)cc1OCC. The molecule has 0 radical (unpaired) electrons. The van der Waals surface area contributed by atoms with Gasteiger partial charge in [-0.15, -0.1) is 0 Å². The summed E-state index contributed by atoms with van der Waals surface area (Å²) in [6.07, 6.45) is 0.847. The predicted molar refractivity (Wildman–Crippen MR) is 110 cm³/mol. The lowest BCUT2D eigenvalue weighted by molar-refractivity contribution is 0.0474. The largest absolute Gasteiger partial charge is 0.490 e. The Bertz CT molecular complexity index is 803. The summed E-state index contributed by atoms with van der Waals surface area (Å²) in [5, 5.41) is 0. The fourth-order valence-corrected chi connectivity index (χ4v) is 3.05. The second-order valence-electron chi connectivity index (χ2n) is 5.57. The summed E-state index contributed by atoms with van der Waals surface area (Å²) < 4.78 is 17.9. The van der Waals surface area contributed by atoms with Gasteiger partial charge in [0.15, 0.2) is 23.9 Å². The van der Waals surface area contributed by atoms with Crippen molar-refractivity contribution in [2.24, 2.45) is 0 Å². The summed E-state index contributed by atoms with van der Waals surface area (Å²) in [6, 6.07) is 10.0. The van der Waals surface area contributed by atoms with E-state index in [1.165, 1.54) is 0 Å². The Morgan fingerprint density at radius 3 is 2.30 bits per heavy atom. The van der Waals surface area contributed by atoms with E-state index in [-0.39, 0.29) is 18.0 Å². The van der Waals surface area contributed by atoms with Crippen LogP contribution in [-0.4, -0.2) is 31.6 Å². The van der Waals surface area contributed by atoms with Crippen LogP contribution in [0.2, 0.25) is 0 Å². The molecule has 0 aliphatic heterocycles. The normalized spacial score (nSPS) is 10.4. The lowest BCUT2D eigenvalue weighted by atomic mass is 10.1. The van der Waals surface area contributed by atoms with Gasteiger partial charge in [0.25, 0.3) is 0 Å². The second kappa shape index (κ2) is 10.5. The number of halogens is 2. The third-order valence-electron chi connectivity index (χ3n) is 3.50. The van der Waals surface area contributed by atoms with Crippen LogP contribution in [0.1, 0.15) is 41.0 Å². The number of Topliss-reactive ketones (excluding diaryl/α,β-unsaturated/α-hetero) is 1. The number of ether oxygens (including phenoxy) is 3. The summed E-state index contributed by atoms with van der Waals surface area (Å²) in [4.78, 5) is 24.5. The van der Waals surface area contributed by atoms with Crippen molar-refractivity contribution >= 4 is 43.6 Å². The lowest BCUT2D eigenvalue weighted by Gasteiger charge is -2.14. The van der Waals surface area contributed by atoms with Crippen molar-refractivity contribution in [3.63, 3.8) is 0 Å². The maximum atomic E-state index is 12.4. The Balaban J connectivity index is 2.10. The molecule has 0 spiro atoms.